The number of nitrogens with zero attached hydrogens (tertiary/aromatic N) is 4. The number of nitrogens with two attached hydrogens (primary N) is 1. The molecule has 166 valence electrons. The highest BCUT2D eigenvalue weighted by atomic mass is 16.5. The Hall–Kier alpha value is -3.88. The minimum atomic E-state index is -0.616. The fourth-order valence-electron chi connectivity index (χ4n) is 4.19. The average Bonchev–Trinajstić information content (AvgIpc) is 3.28. The van der Waals surface area contributed by atoms with Crippen LogP contribution in [-0.4, -0.2) is 46.5 Å². The van der Waals surface area contributed by atoms with Gasteiger partial charge < -0.3 is 10.5 Å². The first-order valence-electron chi connectivity index (χ1n) is 10.8. The van der Waals surface area contributed by atoms with Gasteiger partial charge in [0.1, 0.15) is 11.3 Å². The van der Waals surface area contributed by atoms with Gasteiger partial charge in [-0.25, -0.2) is 4.98 Å². The van der Waals surface area contributed by atoms with Crippen molar-refractivity contribution in [3.05, 3.63) is 83.0 Å². The second-order valence-electron chi connectivity index (χ2n) is 8.10. The smallest absolute Gasteiger partial charge is 0.248 e. The number of fused-ring (bicyclic) bond motifs is 1. The predicted octanol–water partition coefficient (Wildman–Crippen LogP) is 4.00. The Kier molecular flexibility index (Phi) is 5.68. The van der Waals surface area contributed by atoms with Crippen molar-refractivity contribution in [3.8, 4) is 22.4 Å². The van der Waals surface area contributed by atoms with E-state index in [2.05, 4.69) is 39.3 Å². The lowest BCUT2D eigenvalue weighted by atomic mass is 10.0. The highest BCUT2D eigenvalue weighted by Gasteiger charge is 2.13. The molecule has 4 aromatic rings. The van der Waals surface area contributed by atoms with Gasteiger partial charge in [0, 0.05) is 37.0 Å². The largest absolute Gasteiger partial charge is 0.379 e. The van der Waals surface area contributed by atoms with Gasteiger partial charge in [-0.2, -0.15) is 0 Å². The molecule has 0 aliphatic carbocycles. The molecule has 33 heavy (non-hydrogen) atoms. The summed E-state index contributed by atoms with van der Waals surface area (Å²) in [5, 5.41) is 2.97. The van der Waals surface area contributed by atoms with Crippen molar-refractivity contribution >= 4 is 17.2 Å². The van der Waals surface area contributed by atoms with Crippen LogP contribution in [0.25, 0.3) is 28.0 Å². The van der Waals surface area contributed by atoms with E-state index in [0.29, 0.717) is 5.56 Å². The van der Waals surface area contributed by atoms with Crippen LogP contribution in [0, 0.1) is 4.91 Å². The number of rotatable bonds is 6. The molecule has 0 bridgehead atoms. The molecule has 0 atom stereocenters. The summed E-state index contributed by atoms with van der Waals surface area (Å²) < 4.78 is 7.35. The average molecular weight is 441 g/mol. The number of imidazole rings is 1. The molecular weight excluding hydrogens is 418 g/mol. The zero-order chi connectivity index (χ0) is 22.8. The number of aromatic nitrogens is 2. The van der Waals surface area contributed by atoms with Crippen molar-refractivity contribution < 1.29 is 9.53 Å². The Labute approximate surface area is 190 Å². The number of hydrogen-bond donors (Lipinski definition) is 1. The van der Waals surface area contributed by atoms with E-state index in [4.69, 9.17) is 10.5 Å². The Morgan fingerprint density at radius 2 is 1.85 bits per heavy atom. The zero-order valence-electron chi connectivity index (χ0n) is 18.0. The molecule has 0 radical (unpaired) electrons. The van der Waals surface area contributed by atoms with Crippen LogP contribution >= 0.6 is 0 Å². The van der Waals surface area contributed by atoms with Crippen LogP contribution in [0.3, 0.4) is 0 Å². The Balaban J connectivity index is 1.47. The molecule has 1 fully saturated rings. The second-order valence-corrected chi connectivity index (χ2v) is 8.10. The Morgan fingerprint density at radius 3 is 2.64 bits per heavy atom. The molecule has 3 heterocycles. The van der Waals surface area contributed by atoms with Crippen molar-refractivity contribution in [2.45, 2.75) is 6.54 Å². The van der Waals surface area contributed by atoms with E-state index in [0.717, 1.165) is 55.3 Å². The lowest BCUT2D eigenvalue weighted by Crippen LogP contribution is -2.35. The highest BCUT2D eigenvalue weighted by molar-refractivity contribution is 5.95. The second kappa shape index (κ2) is 8.93. The van der Waals surface area contributed by atoms with E-state index in [1.54, 1.807) is 18.3 Å². The van der Waals surface area contributed by atoms with Crippen molar-refractivity contribution in [2.75, 3.05) is 26.3 Å². The molecule has 1 aliphatic heterocycles. The van der Waals surface area contributed by atoms with Crippen LogP contribution in [-0.2, 0) is 11.3 Å². The van der Waals surface area contributed by atoms with Crippen molar-refractivity contribution in [1.82, 2.24) is 14.3 Å². The van der Waals surface area contributed by atoms with E-state index < -0.39 is 5.91 Å². The van der Waals surface area contributed by atoms with E-state index in [1.807, 2.05) is 22.7 Å². The molecule has 8 nitrogen and oxygen atoms in total. The minimum Gasteiger partial charge on any atom is -0.379 e. The third kappa shape index (κ3) is 4.39. The number of hydrogen-bond acceptors (Lipinski definition) is 6. The third-order valence-electron chi connectivity index (χ3n) is 5.89. The van der Waals surface area contributed by atoms with Gasteiger partial charge in [0.05, 0.1) is 25.1 Å². The normalized spacial score (nSPS) is 14.4. The summed E-state index contributed by atoms with van der Waals surface area (Å²) in [7, 11) is 0. The lowest BCUT2D eigenvalue weighted by Gasteiger charge is -2.26. The van der Waals surface area contributed by atoms with Gasteiger partial charge in [0.2, 0.25) is 5.91 Å². The van der Waals surface area contributed by atoms with Gasteiger partial charge in [-0.05, 0) is 58.3 Å². The van der Waals surface area contributed by atoms with Gasteiger partial charge in [0.25, 0.3) is 0 Å². The van der Waals surface area contributed by atoms with Crippen molar-refractivity contribution in [2.24, 2.45) is 10.9 Å². The minimum absolute atomic E-state index is 0.143. The van der Waals surface area contributed by atoms with Crippen LogP contribution in [0.5, 0.6) is 0 Å². The molecule has 8 heteroatoms. The molecule has 2 aromatic carbocycles. The van der Waals surface area contributed by atoms with Gasteiger partial charge in [-0.15, -0.1) is 4.91 Å². The number of benzene rings is 2. The number of carbonyl (C=O) groups excluding carboxylic acids is 1. The Morgan fingerprint density at radius 1 is 1.03 bits per heavy atom. The monoisotopic (exact) mass is 441 g/mol. The maximum absolute atomic E-state index is 11.7. The Bertz CT molecular complexity index is 1340. The molecule has 5 rings (SSSR count). The maximum atomic E-state index is 11.7. The summed E-state index contributed by atoms with van der Waals surface area (Å²) in [6, 6.07) is 17.2. The number of pyridine rings is 1. The van der Waals surface area contributed by atoms with Crippen LogP contribution in [0.4, 0.5) is 5.69 Å². The molecule has 0 spiro atoms. The van der Waals surface area contributed by atoms with Crippen LogP contribution in [0.15, 0.2) is 72.2 Å². The SMILES string of the molecule is NC(=O)c1cc(N=O)cc(-c2cnc3cc(-c4cccc(CN5CCOCC5)c4)ccn23)c1. The molecule has 2 N–H and O–H groups in total. The number of nitroso groups, excluding NO2 is 1. The van der Waals surface area contributed by atoms with Crippen LogP contribution in [0.2, 0.25) is 0 Å². The summed E-state index contributed by atoms with van der Waals surface area (Å²) in [5.74, 6) is -0.616. The third-order valence-corrected chi connectivity index (χ3v) is 5.89. The number of primary amides is 1. The van der Waals surface area contributed by atoms with Gasteiger partial charge in [-0.3, -0.25) is 14.1 Å². The summed E-state index contributed by atoms with van der Waals surface area (Å²) in [5.41, 5.74) is 11.4. The fraction of sp³-hybridized carbons (Fsp3) is 0.200. The molecule has 1 amide bonds. The fourth-order valence-corrected chi connectivity index (χ4v) is 4.19. The number of carbonyl (C=O) groups is 1. The topological polar surface area (TPSA) is 102 Å². The maximum Gasteiger partial charge on any atom is 0.248 e. The summed E-state index contributed by atoms with van der Waals surface area (Å²) in [4.78, 5) is 29.7. The summed E-state index contributed by atoms with van der Waals surface area (Å²) in [6.45, 7) is 4.36. The molecule has 1 aliphatic rings. The number of morpholine rings is 1. The molecule has 0 unspecified atom stereocenters. The van der Waals surface area contributed by atoms with Crippen LogP contribution < -0.4 is 5.73 Å². The summed E-state index contributed by atoms with van der Waals surface area (Å²) >= 11 is 0. The summed E-state index contributed by atoms with van der Waals surface area (Å²) in [6.07, 6.45) is 3.65. The van der Waals surface area contributed by atoms with E-state index >= 15 is 0 Å². The number of ether oxygens (including phenoxy) is 1. The molecule has 1 saturated heterocycles. The van der Waals surface area contributed by atoms with Gasteiger partial charge in [0.15, 0.2) is 0 Å². The number of amides is 1. The standard InChI is InChI=1S/C25H23N5O3/c26-25(31)21-11-20(12-22(13-21)28-32)23-15-27-24-14-19(4-5-30(23)24)18-3-1-2-17(10-18)16-29-6-8-33-9-7-29/h1-5,10-15H,6-9,16H2,(H2,26,31). The van der Waals surface area contributed by atoms with Crippen molar-refractivity contribution in [3.63, 3.8) is 0 Å². The van der Waals surface area contributed by atoms with Gasteiger partial charge >= 0.3 is 0 Å². The first-order chi connectivity index (χ1) is 16.1. The van der Waals surface area contributed by atoms with E-state index in [-0.39, 0.29) is 11.3 Å². The molecular formula is C25H23N5O3. The predicted molar refractivity (Wildman–Crippen MR) is 126 cm³/mol. The molecule has 0 saturated carbocycles. The highest BCUT2D eigenvalue weighted by Crippen LogP contribution is 2.29. The quantitative estimate of drug-likeness (QED) is 0.456. The van der Waals surface area contributed by atoms with Crippen LogP contribution in [0.1, 0.15) is 15.9 Å². The first kappa shape index (κ1) is 21.0. The van der Waals surface area contributed by atoms with Gasteiger partial charge in [-0.1, -0.05) is 18.2 Å². The van der Waals surface area contributed by atoms with E-state index in [9.17, 15) is 9.70 Å². The first-order valence-corrected chi connectivity index (χ1v) is 10.8. The zero-order valence-corrected chi connectivity index (χ0v) is 18.0. The lowest BCUT2D eigenvalue weighted by molar-refractivity contribution is 0.0342. The molecule has 2 aromatic heterocycles. The van der Waals surface area contributed by atoms with E-state index in [1.165, 1.54) is 11.6 Å². The van der Waals surface area contributed by atoms with Crippen molar-refractivity contribution in [1.29, 1.82) is 0 Å².